The van der Waals surface area contributed by atoms with E-state index in [0.717, 1.165) is 6.08 Å². The fraction of sp³-hybridized carbons (Fsp3) is 0.471. The number of benzene rings is 1. The molecule has 2 rings (SSSR count). The van der Waals surface area contributed by atoms with Crippen molar-refractivity contribution in [3.05, 3.63) is 27.2 Å². The van der Waals surface area contributed by atoms with Crippen molar-refractivity contribution in [3.63, 3.8) is 0 Å². The molecule has 1 aromatic carbocycles. The van der Waals surface area contributed by atoms with E-state index in [1.165, 1.54) is 13.0 Å². The average Bonchev–Trinajstić information content (AvgIpc) is 2.48. The lowest BCUT2D eigenvalue weighted by Crippen LogP contribution is -2.41. The molecule has 26 heavy (non-hydrogen) atoms. The lowest BCUT2D eigenvalue weighted by atomic mass is 10.0. The molecule has 0 spiro atoms. The van der Waals surface area contributed by atoms with Crippen molar-refractivity contribution >= 4 is 35.2 Å². The van der Waals surface area contributed by atoms with Gasteiger partial charge >= 0.3 is 12.1 Å². The number of alkyl halides is 3. The highest BCUT2D eigenvalue weighted by Crippen LogP contribution is 2.48. The van der Waals surface area contributed by atoms with Crippen molar-refractivity contribution in [1.82, 2.24) is 0 Å². The minimum Gasteiger partial charge on any atom is -0.485 e. The SMILES string of the molecule is CCOC(=O)C1=Cc2cc(Cl)c(OC(C)(C)C)c(Cl)c2OC1C(F)(F)F. The number of rotatable bonds is 3. The van der Waals surface area contributed by atoms with Gasteiger partial charge in [-0.3, -0.25) is 0 Å². The van der Waals surface area contributed by atoms with Crippen LogP contribution in [-0.2, 0) is 9.53 Å². The van der Waals surface area contributed by atoms with Crippen molar-refractivity contribution in [3.8, 4) is 11.5 Å². The minimum atomic E-state index is -4.84. The first kappa shape index (κ1) is 20.7. The number of halogens is 5. The van der Waals surface area contributed by atoms with Crippen molar-refractivity contribution in [1.29, 1.82) is 0 Å². The Morgan fingerprint density at radius 3 is 2.38 bits per heavy atom. The Morgan fingerprint density at radius 2 is 1.88 bits per heavy atom. The second-order valence-electron chi connectivity index (χ2n) is 6.49. The fourth-order valence-corrected chi connectivity index (χ4v) is 2.87. The van der Waals surface area contributed by atoms with Crippen LogP contribution in [0.25, 0.3) is 6.08 Å². The molecule has 0 saturated carbocycles. The molecule has 0 bridgehead atoms. The van der Waals surface area contributed by atoms with E-state index in [9.17, 15) is 18.0 Å². The van der Waals surface area contributed by atoms with E-state index >= 15 is 0 Å². The molecule has 4 nitrogen and oxygen atoms in total. The van der Waals surface area contributed by atoms with Crippen LogP contribution in [0.4, 0.5) is 13.2 Å². The Hall–Kier alpha value is -1.60. The lowest BCUT2D eigenvalue weighted by Gasteiger charge is -2.30. The summed E-state index contributed by atoms with van der Waals surface area (Å²) < 4.78 is 55.6. The summed E-state index contributed by atoms with van der Waals surface area (Å²) in [6.45, 7) is 6.61. The van der Waals surface area contributed by atoms with E-state index in [1.807, 2.05) is 0 Å². The van der Waals surface area contributed by atoms with Crippen LogP contribution in [0.1, 0.15) is 33.3 Å². The second kappa shape index (κ2) is 7.19. The molecule has 0 aromatic heterocycles. The van der Waals surface area contributed by atoms with E-state index in [0.29, 0.717) is 0 Å². The van der Waals surface area contributed by atoms with Gasteiger partial charge in [0.25, 0.3) is 0 Å². The highest BCUT2D eigenvalue weighted by Gasteiger charge is 2.49. The van der Waals surface area contributed by atoms with Crippen LogP contribution in [0.3, 0.4) is 0 Å². The van der Waals surface area contributed by atoms with E-state index in [2.05, 4.69) is 0 Å². The Kier molecular flexibility index (Phi) is 5.73. The number of ether oxygens (including phenoxy) is 3. The molecule has 1 unspecified atom stereocenters. The van der Waals surface area contributed by atoms with Gasteiger partial charge in [0.15, 0.2) is 5.75 Å². The molecular weight excluding hydrogens is 396 g/mol. The van der Waals surface area contributed by atoms with Gasteiger partial charge in [0, 0.05) is 5.56 Å². The van der Waals surface area contributed by atoms with Gasteiger partial charge in [0.05, 0.1) is 17.2 Å². The summed E-state index contributed by atoms with van der Waals surface area (Å²) >= 11 is 12.3. The van der Waals surface area contributed by atoms with E-state index in [-0.39, 0.29) is 33.7 Å². The number of hydrogen-bond donors (Lipinski definition) is 0. The Morgan fingerprint density at radius 1 is 1.27 bits per heavy atom. The van der Waals surface area contributed by atoms with Crippen LogP contribution < -0.4 is 9.47 Å². The summed E-state index contributed by atoms with van der Waals surface area (Å²) in [6.07, 6.45) is -6.33. The number of fused-ring (bicyclic) bond motifs is 1. The highest BCUT2D eigenvalue weighted by molar-refractivity contribution is 6.38. The Bertz CT molecular complexity index is 752. The van der Waals surface area contributed by atoms with Gasteiger partial charge < -0.3 is 14.2 Å². The monoisotopic (exact) mass is 412 g/mol. The molecule has 1 aliphatic rings. The van der Waals surface area contributed by atoms with Gasteiger partial charge in [-0.1, -0.05) is 23.2 Å². The minimum absolute atomic E-state index is 0.00786. The topological polar surface area (TPSA) is 44.8 Å². The average molecular weight is 413 g/mol. The third kappa shape index (κ3) is 4.38. The Balaban J connectivity index is 2.61. The third-order valence-electron chi connectivity index (χ3n) is 3.21. The fourth-order valence-electron chi connectivity index (χ4n) is 2.28. The molecule has 9 heteroatoms. The van der Waals surface area contributed by atoms with Crippen molar-refractivity contribution in [2.45, 2.75) is 45.6 Å². The normalized spacial score (nSPS) is 17.1. The number of esters is 1. The molecule has 1 atom stereocenters. The highest BCUT2D eigenvalue weighted by atomic mass is 35.5. The maximum absolute atomic E-state index is 13.4. The first-order valence-corrected chi connectivity index (χ1v) is 8.43. The van der Waals surface area contributed by atoms with Crippen LogP contribution in [0.5, 0.6) is 11.5 Å². The molecule has 0 radical (unpaired) electrons. The van der Waals surface area contributed by atoms with E-state index in [1.54, 1.807) is 20.8 Å². The predicted octanol–water partition coefficient (Wildman–Crippen LogP) is 5.44. The summed E-state index contributed by atoms with van der Waals surface area (Å²) in [4.78, 5) is 11.9. The third-order valence-corrected chi connectivity index (χ3v) is 3.83. The zero-order chi connectivity index (χ0) is 19.9. The molecule has 1 aromatic rings. The van der Waals surface area contributed by atoms with Gasteiger partial charge in [-0.05, 0) is 39.8 Å². The first-order valence-electron chi connectivity index (χ1n) is 7.68. The molecule has 1 aliphatic heterocycles. The quantitative estimate of drug-likeness (QED) is 0.619. The maximum atomic E-state index is 13.4. The molecular formula is C17H17Cl2F3O4. The number of carbonyl (C=O) groups excluding carboxylic acids is 1. The maximum Gasteiger partial charge on any atom is 0.430 e. The summed E-state index contributed by atoms with van der Waals surface area (Å²) in [6, 6.07) is 1.33. The van der Waals surface area contributed by atoms with E-state index in [4.69, 9.17) is 37.4 Å². The molecule has 1 heterocycles. The van der Waals surface area contributed by atoms with Crippen molar-refractivity contribution in [2.75, 3.05) is 6.61 Å². The summed E-state index contributed by atoms with van der Waals surface area (Å²) in [5.74, 6) is -1.37. The zero-order valence-electron chi connectivity index (χ0n) is 14.5. The predicted molar refractivity (Wildman–Crippen MR) is 91.9 cm³/mol. The summed E-state index contributed by atoms with van der Waals surface area (Å²) in [7, 11) is 0. The van der Waals surface area contributed by atoms with Crippen molar-refractivity contribution in [2.24, 2.45) is 0 Å². The van der Waals surface area contributed by atoms with Crippen LogP contribution in [0, 0.1) is 0 Å². The second-order valence-corrected chi connectivity index (χ2v) is 7.28. The molecule has 144 valence electrons. The smallest absolute Gasteiger partial charge is 0.430 e. The summed E-state index contributed by atoms with van der Waals surface area (Å²) in [5, 5.41) is -0.118. The van der Waals surface area contributed by atoms with E-state index < -0.39 is 29.4 Å². The van der Waals surface area contributed by atoms with Crippen LogP contribution in [0.2, 0.25) is 10.0 Å². The first-order chi connectivity index (χ1) is 11.8. The van der Waals surface area contributed by atoms with Crippen LogP contribution in [-0.4, -0.2) is 30.5 Å². The lowest BCUT2D eigenvalue weighted by molar-refractivity contribution is -0.187. The van der Waals surface area contributed by atoms with Gasteiger partial charge in [0.2, 0.25) is 6.10 Å². The largest absolute Gasteiger partial charge is 0.485 e. The Labute approximate surface area is 158 Å². The molecule has 0 saturated heterocycles. The van der Waals surface area contributed by atoms with Gasteiger partial charge in [0.1, 0.15) is 16.4 Å². The van der Waals surface area contributed by atoms with Gasteiger partial charge in [-0.2, -0.15) is 13.2 Å². The molecule has 0 N–H and O–H groups in total. The molecule has 0 fully saturated rings. The molecule has 0 aliphatic carbocycles. The zero-order valence-corrected chi connectivity index (χ0v) is 16.0. The number of hydrogen-bond acceptors (Lipinski definition) is 4. The van der Waals surface area contributed by atoms with Crippen LogP contribution in [0.15, 0.2) is 11.6 Å². The van der Waals surface area contributed by atoms with Gasteiger partial charge in [-0.15, -0.1) is 0 Å². The standard InChI is InChI=1S/C17H17Cl2F3O4/c1-5-24-15(23)9-6-8-7-10(18)13(26-16(2,3)4)11(19)12(8)25-14(9)17(20,21)22/h6-7,14H,5H2,1-4H3. The molecule has 0 amide bonds. The van der Waals surface area contributed by atoms with Crippen LogP contribution >= 0.6 is 23.2 Å². The number of carbonyl (C=O) groups is 1. The summed E-state index contributed by atoms with van der Waals surface area (Å²) in [5.41, 5.74) is -1.24. The van der Waals surface area contributed by atoms with Crippen molar-refractivity contribution < 1.29 is 32.2 Å². The van der Waals surface area contributed by atoms with Gasteiger partial charge in [-0.25, -0.2) is 4.79 Å².